The second-order valence-corrected chi connectivity index (χ2v) is 10.3. The van der Waals surface area contributed by atoms with E-state index in [0.717, 1.165) is 53.4 Å². The molecule has 0 radical (unpaired) electrons. The number of rotatable bonds is 8. The summed E-state index contributed by atoms with van der Waals surface area (Å²) in [4.78, 5) is 18.8. The molecule has 0 aliphatic carbocycles. The number of halogens is 1. The van der Waals surface area contributed by atoms with Gasteiger partial charge in [-0.1, -0.05) is 18.5 Å². The number of aliphatic hydroxyl groups excluding tert-OH is 1. The maximum absolute atomic E-state index is 12.4. The van der Waals surface area contributed by atoms with Crippen molar-refractivity contribution in [3.8, 4) is 17.0 Å². The fourth-order valence-electron chi connectivity index (χ4n) is 4.95. The van der Waals surface area contributed by atoms with Crippen LogP contribution in [0.1, 0.15) is 24.7 Å². The van der Waals surface area contributed by atoms with Crippen LogP contribution in [0.3, 0.4) is 0 Å². The molecule has 192 valence electrons. The Morgan fingerprint density at radius 3 is 2.83 bits per heavy atom. The van der Waals surface area contributed by atoms with E-state index in [1.54, 1.807) is 12.4 Å². The number of aryl methyl sites for hydroxylation is 1. The third-order valence-corrected chi connectivity index (χ3v) is 7.24. The summed E-state index contributed by atoms with van der Waals surface area (Å²) >= 11 is 6.33. The van der Waals surface area contributed by atoms with Crippen LogP contribution in [0.15, 0.2) is 29.3 Å². The minimum Gasteiger partial charge on any atom is -0.472 e. The van der Waals surface area contributed by atoms with Crippen molar-refractivity contribution in [2.75, 3.05) is 37.8 Å². The molecule has 0 unspecified atom stereocenters. The molecule has 3 aromatic rings. The molecule has 0 aromatic carbocycles. The summed E-state index contributed by atoms with van der Waals surface area (Å²) in [5.74, 6) is 0.549. The highest BCUT2D eigenvalue weighted by Gasteiger charge is 2.35. The molecule has 2 fully saturated rings. The Bertz CT molecular complexity index is 1320. The van der Waals surface area contributed by atoms with Gasteiger partial charge in [0.25, 0.3) is 5.56 Å². The fourth-order valence-corrected chi connectivity index (χ4v) is 5.21. The number of aromatic nitrogens is 5. The van der Waals surface area contributed by atoms with E-state index in [1.165, 1.54) is 0 Å². The van der Waals surface area contributed by atoms with Gasteiger partial charge in [0, 0.05) is 41.9 Å². The molecule has 1 atom stereocenters. The molecule has 11 heteroatoms. The van der Waals surface area contributed by atoms with Crippen LogP contribution < -0.4 is 15.2 Å². The van der Waals surface area contributed by atoms with Crippen molar-refractivity contribution in [1.82, 2.24) is 24.5 Å². The van der Waals surface area contributed by atoms with E-state index in [-0.39, 0.29) is 29.7 Å². The molecular formula is C25H31ClN6O4. The van der Waals surface area contributed by atoms with Crippen LogP contribution in [0.4, 0.5) is 5.69 Å². The number of anilines is 1. The Morgan fingerprint density at radius 1 is 1.31 bits per heavy atom. The predicted molar refractivity (Wildman–Crippen MR) is 136 cm³/mol. The van der Waals surface area contributed by atoms with Crippen molar-refractivity contribution >= 4 is 17.3 Å². The van der Waals surface area contributed by atoms with Gasteiger partial charge in [0.2, 0.25) is 5.88 Å². The maximum atomic E-state index is 12.4. The number of hydrogen-bond acceptors (Lipinski definition) is 8. The molecule has 0 spiro atoms. The summed E-state index contributed by atoms with van der Waals surface area (Å²) in [6.07, 6.45) is 3.99. The summed E-state index contributed by atoms with van der Waals surface area (Å²) in [6, 6.07) is 3.94. The molecule has 0 bridgehead atoms. The van der Waals surface area contributed by atoms with E-state index in [9.17, 15) is 4.79 Å². The number of ether oxygens (including phenoxy) is 2. The Hall–Kier alpha value is -2.95. The normalized spacial score (nSPS) is 18.9. The minimum atomic E-state index is -0.410. The zero-order valence-electron chi connectivity index (χ0n) is 20.8. The van der Waals surface area contributed by atoms with E-state index >= 15 is 0 Å². The highest BCUT2D eigenvalue weighted by atomic mass is 35.5. The smallest absolute Gasteiger partial charge is 0.287 e. The van der Waals surface area contributed by atoms with Crippen LogP contribution in [0.25, 0.3) is 11.1 Å². The average Bonchev–Trinajstić information content (AvgIpc) is 3.40. The van der Waals surface area contributed by atoms with Gasteiger partial charge in [-0.2, -0.15) is 10.2 Å². The van der Waals surface area contributed by atoms with Crippen molar-refractivity contribution in [3.05, 3.63) is 51.3 Å². The molecule has 36 heavy (non-hydrogen) atoms. The Morgan fingerprint density at radius 2 is 2.11 bits per heavy atom. The van der Waals surface area contributed by atoms with E-state index < -0.39 is 5.56 Å². The third-order valence-electron chi connectivity index (χ3n) is 6.89. The lowest BCUT2D eigenvalue weighted by Crippen LogP contribution is -2.43. The first kappa shape index (κ1) is 24.7. The Balaban J connectivity index is 1.30. The number of pyridine rings is 1. The van der Waals surface area contributed by atoms with E-state index in [1.807, 2.05) is 24.0 Å². The van der Waals surface area contributed by atoms with Crippen LogP contribution >= 0.6 is 11.6 Å². The van der Waals surface area contributed by atoms with Crippen LogP contribution in [-0.2, 0) is 17.8 Å². The predicted octanol–water partition coefficient (Wildman–Crippen LogP) is 2.46. The molecule has 0 amide bonds. The summed E-state index contributed by atoms with van der Waals surface area (Å²) in [6.45, 7) is 9.87. The lowest BCUT2D eigenvalue weighted by Gasteiger charge is -2.38. The lowest BCUT2D eigenvalue weighted by atomic mass is 9.89. The van der Waals surface area contributed by atoms with Gasteiger partial charge in [-0.3, -0.25) is 9.48 Å². The number of aliphatic hydroxyl groups is 1. The summed E-state index contributed by atoms with van der Waals surface area (Å²) in [7, 11) is 0. The molecule has 2 aliphatic heterocycles. The maximum Gasteiger partial charge on any atom is 0.287 e. The van der Waals surface area contributed by atoms with Crippen LogP contribution in [0.2, 0.25) is 5.02 Å². The summed E-state index contributed by atoms with van der Waals surface area (Å²) < 4.78 is 14.9. The Labute approximate surface area is 214 Å². The van der Waals surface area contributed by atoms with Gasteiger partial charge >= 0.3 is 0 Å². The average molecular weight is 515 g/mol. The molecule has 2 aliphatic rings. The van der Waals surface area contributed by atoms with Crippen molar-refractivity contribution in [3.63, 3.8) is 0 Å². The van der Waals surface area contributed by atoms with Crippen LogP contribution in [0.5, 0.6) is 5.88 Å². The minimum absolute atomic E-state index is 0.101. The SMILES string of the molecule is Cc1nn(CC2(C)COC2)c(C)c1-c1ccnc(O[C@@H]2CCN(c3cnn(CCO)c(=O)c3Cl)C2)c1. The van der Waals surface area contributed by atoms with Gasteiger partial charge in [-0.25, -0.2) is 9.67 Å². The molecular weight excluding hydrogens is 484 g/mol. The number of hydrogen-bond donors (Lipinski definition) is 1. The van der Waals surface area contributed by atoms with E-state index in [4.69, 9.17) is 31.3 Å². The second kappa shape index (κ2) is 9.84. The molecule has 0 saturated carbocycles. The second-order valence-electron chi connectivity index (χ2n) is 9.96. The first-order chi connectivity index (χ1) is 17.3. The molecule has 1 N–H and O–H groups in total. The standard InChI is InChI=1S/C25H31ClN6O4/c1-16-22(17(2)32(29-16)13-25(3)14-35-15-25)18-4-6-27-21(10-18)36-19-5-7-30(12-19)20-11-28-31(8-9-33)24(34)23(20)26/h4,6,10-11,19,33H,5,7-9,12-15H2,1-3H3/t19-/m1/s1. The van der Waals surface area contributed by atoms with Crippen molar-refractivity contribution < 1.29 is 14.6 Å². The van der Waals surface area contributed by atoms with Crippen molar-refractivity contribution in [2.24, 2.45) is 5.41 Å². The van der Waals surface area contributed by atoms with Gasteiger partial charge in [0.1, 0.15) is 11.1 Å². The summed E-state index contributed by atoms with van der Waals surface area (Å²) in [5, 5.41) is 18.1. The zero-order chi connectivity index (χ0) is 25.4. The van der Waals surface area contributed by atoms with Gasteiger partial charge < -0.3 is 19.5 Å². The molecule has 5 heterocycles. The van der Waals surface area contributed by atoms with Gasteiger partial charge in [0.15, 0.2) is 0 Å². The first-order valence-electron chi connectivity index (χ1n) is 12.1. The summed E-state index contributed by atoms with van der Waals surface area (Å²) in [5.41, 5.74) is 4.50. The fraction of sp³-hybridized carbons (Fsp3) is 0.520. The molecule has 10 nitrogen and oxygen atoms in total. The van der Waals surface area contributed by atoms with Gasteiger partial charge in [0.05, 0.1) is 57.0 Å². The highest BCUT2D eigenvalue weighted by Crippen LogP contribution is 2.34. The first-order valence-corrected chi connectivity index (χ1v) is 12.5. The largest absolute Gasteiger partial charge is 0.472 e. The highest BCUT2D eigenvalue weighted by molar-refractivity contribution is 6.33. The third kappa shape index (κ3) is 4.72. The van der Waals surface area contributed by atoms with E-state index in [0.29, 0.717) is 24.7 Å². The topological polar surface area (TPSA) is 108 Å². The van der Waals surface area contributed by atoms with Crippen molar-refractivity contribution in [2.45, 2.75) is 46.4 Å². The van der Waals surface area contributed by atoms with Crippen molar-refractivity contribution in [1.29, 1.82) is 0 Å². The van der Waals surface area contributed by atoms with Crippen LogP contribution in [0, 0.1) is 19.3 Å². The molecule has 3 aromatic heterocycles. The quantitative estimate of drug-likeness (QED) is 0.488. The Kier molecular flexibility index (Phi) is 6.76. The van der Waals surface area contributed by atoms with Gasteiger partial charge in [-0.15, -0.1) is 0 Å². The monoisotopic (exact) mass is 514 g/mol. The lowest BCUT2D eigenvalue weighted by molar-refractivity contribution is -0.111. The van der Waals surface area contributed by atoms with Gasteiger partial charge in [-0.05, 0) is 25.5 Å². The van der Waals surface area contributed by atoms with E-state index in [2.05, 4.69) is 28.6 Å². The molecule has 2 saturated heterocycles. The molecule has 5 rings (SSSR count). The number of nitrogens with zero attached hydrogens (tertiary/aromatic N) is 6. The zero-order valence-corrected chi connectivity index (χ0v) is 21.5. The van der Waals surface area contributed by atoms with Crippen LogP contribution in [-0.4, -0.2) is 68.7 Å².